The van der Waals surface area contributed by atoms with Crippen LogP contribution < -0.4 is 11.2 Å². The fraction of sp³-hybridized carbons (Fsp3) is 0.250. The number of hydrogen-bond acceptors (Lipinski definition) is 6. The SMILES string of the molecule is COC(=O)/C=C/c1cnc2c(n1)c(=O)n(C)c(=O)n2C. The monoisotopic (exact) mass is 276 g/mol. The van der Waals surface area contributed by atoms with Crippen molar-refractivity contribution in [1.29, 1.82) is 0 Å². The molecule has 2 aromatic heterocycles. The summed E-state index contributed by atoms with van der Waals surface area (Å²) in [4.78, 5) is 42.8. The van der Waals surface area contributed by atoms with Crippen LogP contribution in [0, 0.1) is 0 Å². The van der Waals surface area contributed by atoms with Crippen molar-refractivity contribution in [1.82, 2.24) is 19.1 Å². The summed E-state index contributed by atoms with van der Waals surface area (Å²) < 4.78 is 6.63. The Morgan fingerprint density at radius 2 is 2.00 bits per heavy atom. The first kappa shape index (κ1) is 13.7. The Hall–Kier alpha value is -2.77. The van der Waals surface area contributed by atoms with Crippen molar-refractivity contribution in [3.63, 3.8) is 0 Å². The van der Waals surface area contributed by atoms with Gasteiger partial charge in [-0.3, -0.25) is 13.9 Å². The molecule has 0 saturated heterocycles. The van der Waals surface area contributed by atoms with E-state index in [1.165, 1.54) is 44.1 Å². The Balaban J connectivity index is 2.67. The number of esters is 1. The highest BCUT2D eigenvalue weighted by Crippen LogP contribution is 2.04. The van der Waals surface area contributed by atoms with Crippen LogP contribution in [0.3, 0.4) is 0 Å². The number of ether oxygens (including phenoxy) is 1. The molecule has 104 valence electrons. The number of aromatic nitrogens is 4. The fourth-order valence-corrected chi connectivity index (χ4v) is 1.65. The molecule has 2 aromatic rings. The van der Waals surface area contributed by atoms with E-state index in [-0.39, 0.29) is 11.2 Å². The molecule has 8 nitrogen and oxygen atoms in total. The van der Waals surface area contributed by atoms with E-state index in [2.05, 4.69) is 14.7 Å². The lowest BCUT2D eigenvalue weighted by Crippen LogP contribution is -2.37. The number of aryl methyl sites for hydroxylation is 1. The second-order valence-corrected chi connectivity index (χ2v) is 4.03. The van der Waals surface area contributed by atoms with Crippen molar-refractivity contribution in [2.75, 3.05) is 7.11 Å². The van der Waals surface area contributed by atoms with Gasteiger partial charge >= 0.3 is 11.7 Å². The van der Waals surface area contributed by atoms with E-state index < -0.39 is 17.2 Å². The number of methoxy groups -OCH3 is 1. The highest BCUT2D eigenvalue weighted by Gasteiger charge is 2.10. The molecule has 0 unspecified atom stereocenters. The minimum absolute atomic E-state index is 0.0571. The topological polar surface area (TPSA) is 96.1 Å². The third-order valence-corrected chi connectivity index (χ3v) is 2.76. The lowest BCUT2D eigenvalue weighted by molar-refractivity contribution is -0.134. The third-order valence-electron chi connectivity index (χ3n) is 2.76. The molecule has 0 bridgehead atoms. The summed E-state index contributed by atoms with van der Waals surface area (Å²) in [6, 6.07) is 0. The number of carbonyl (C=O) groups is 1. The van der Waals surface area contributed by atoms with Gasteiger partial charge in [-0.1, -0.05) is 0 Å². The van der Waals surface area contributed by atoms with E-state index in [0.717, 1.165) is 4.57 Å². The van der Waals surface area contributed by atoms with E-state index in [1.807, 2.05) is 0 Å². The summed E-state index contributed by atoms with van der Waals surface area (Å²) in [5.74, 6) is -0.541. The Morgan fingerprint density at radius 3 is 2.65 bits per heavy atom. The number of nitrogens with zero attached hydrogens (tertiary/aromatic N) is 4. The van der Waals surface area contributed by atoms with Crippen LogP contribution >= 0.6 is 0 Å². The van der Waals surface area contributed by atoms with Crippen molar-refractivity contribution in [2.45, 2.75) is 0 Å². The molecular weight excluding hydrogens is 264 g/mol. The molecule has 0 radical (unpaired) electrons. The van der Waals surface area contributed by atoms with Gasteiger partial charge in [0, 0.05) is 20.2 Å². The van der Waals surface area contributed by atoms with Crippen LogP contribution in [0.2, 0.25) is 0 Å². The van der Waals surface area contributed by atoms with Gasteiger partial charge in [0.1, 0.15) is 0 Å². The average molecular weight is 276 g/mol. The minimum atomic E-state index is -0.541. The molecule has 2 rings (SSSR count). The van der Waals surface area contributed by atoms with Gasteiger partial charge < -0.3 is 4.74 Å². The second-order valence-electron chi connectivity index (χ2n) is 4.03. The van der Waals surface area contributed by atoms with Gasteiger partial charge in [-0.05, 0) is 6.08 Å². The van der Waals surface area contributed by atoms with Gasteiger partial charge in [0.2, 0.25) is 0 Å². The quantitative estimate of drug-likeness (QED) is 0.527. The third kappa shape index (κ3) is 2.22. The van der Waals surface area contributed by atoms with Crippen LogP contribution in [0.15, 0.2) is 21.9 Å². The van der Waals surface area contributed by atoms with E-state index >= 15 is 0 Å². The van der Waals surface area contributed by atoms with E-state index in [1.54, 1.807) is 0 Å². The van der Waals surface area contributed by atoms with Crippen LogP contribution in [-0.4, -0.2) is 32.2 Å². The van der Waals surface area contributed by atoms with Crippen LogP contribution in [0.4, 0.5) is 0 Å². The molecular formula is C12H12N4O4. The van der Waals surface area contributed by atoms with Gasteiger partial charge in [0.15, 0.2) is 11.2 Å². The molecule has 0 atom stereocenters. The first-order valence-corrected chi connectivity index (χ1v) is 5.64. The van der Waals surface area contributed by atoms with Crippen LogP contribution in [0.1, 0.15) is 5.69 Å². The van der Waals surface area contributed by atoms with Crippen molar-refractivity contribution in [2.24, 2.45) is 14.1 Å². The fourth-order valence-electron chi connectivity index (χ4n) is 1.65. The normalized spacial score (nSPS) is 11.2. The highest BCUT2D eigenvalue weighted by molar-refractivity contribution is 5.86. The summed E-state index contributed by atoms with van der Waals surface area (Å²) in [5.41, 5.74) is -0.452. The number of fused-ring (bicyclic) bond motifs is 1. The Labute approximate surface area is 113 Å². The smallest absolute Gasteiger partial charge is 0.332 e. The van der Waals surface area contributed by atoms with Crippen LogP contribution in [0.5, 0.6) is 0 Å². The Morgan fingerprint density at radius 1 is 1.30 bits per heavy atom. The van der Waals surface area contributed by atoms with Gasteiger partial charge in [-0.2, -0.15) is 0 Å². The zero-order chi connectivity index (χ0) is 14.9. The van der Waals surface area contributed by atoms with Gasteiger partial charge in [-0.25, -0.2) is 19.6 Å². The molecule has 0 aliphatic heterocycles. The zero-order valence-corrected chi connectivity index (χ0v) is 11.2. The Bertz CT molecular complexity index is 832. The Kier molecular flexibility index (Phi) is 3.47. The molecule has 0 aliphatic carbocycles. The molecule has 0 N–H and O–H groups in total. The molecule has 0 amide bonds. The van der Waals surface area contributed by atoms with Crippen LogP contribution in [-0.2, 0) is 23.6 Å². The van der Waals surface area contributed by atoms with Crippen molar-refractivity contribution >= 4 is 23.2 Å². The summed E-state index contributed by atoms with van der Waals surface area (Å²) in [6.45, 7) is 0. The lowest BCUT2D eigenvalue weighted by atomic mass is 10.3. The number of hydrogen-bond donors (Lipinski definition) is 0. The zero-order valence-electron chi connectivity index (χ0n) is 11.2. The van der Waals surface area contributed by atoms with Gasteiger partial charge in [0.05, 0.1) is 19.0 Å². The summed E-state index contributed by atoms with van der Waals surface area (Å²) in [5, 5.41) is 0. The van der Waals surface area contributed by atoms with Gasteiger partial charge in [0.25, 0.3) is 5.56 Å². The summed E-state index contributed by atoms with van der Waals surface area (Å²) in [7, 11) is 4.12. The predicted octanol–water partition coefficient (Wildman–Crippen LogP) is -0.787. The minimum Gasteiger partial charge on any atom is -0.466 e. The lowest BCUT2D eigenvalue weighted by Gasteiger charge is -2.05. The van der Waals surface area contributed by atoms with E-state index in [0.29, 0.717) is 5.69 Å². The van der Waals surface area contributed by atoms with E-state index in [4.69, 9.17) is 0 Å². The number of rotatable bonds is 2. The maximum Gasteiger partial charge on any atom is 0.332 e. The molecule has 0 spiro atoms. The summed E-state index contributed by atoms with van der Waals surface area (Å²) >= 11 is 0. The molecule has 2 heterocycles. The molecule has 0 saturated carbocycles. The van der Waals surface area contributed by atoms with E-state index in [9.17, 15) is 14.4 Å². The highest BCUT2D eigenvalue weighted by atomic mass is 16.5. The molecule has 0 aliphatic rings. The van der Waals surface area contributed by atoms with Gasteiger partial charge in [-0.15, -0.1) is 0 Å². The van der Waals surface area contributed by atoms with Crippen molar-refractivity contribution < 1.29 is 9.53 Å². The predicted molar refractivity (Wildman–Crippen MR) is 71.1 cm³/mol. The van der Waals surface area contributed by atoms with Crippen molar-refractivity contribution in [3.8, 4) is 0 Å². The standard InChI is InChI=1S/C12H12N4O4/c1-15-10-9(11(18)16(2)12(15)19)14-7(6-13-10)4-5-8(17)20-3/h4-6H,1-3H3/b5-4+. The second kappa shape index (κ2) is 5.08. The largest absolute Gasteiger partial charge is 0.466 e. The van der Waals surface area contributed by atoms with Crippen molar-refractivity contribution in [3.05, 3.63) is 38.8 Å². The van der Waals surface area contributed by atoms with Crippen LogP contribution in [0.25, 0.3) is 17.2 Å². The molecule has 20 heavy (non-hydrogen) atoms. The summed E-state index contributed by atoms with van der Waals surface area (Å²) in [6.07, 6.45) is 3.91. The average Bonchev–Trinajstić information content (AvgIpc) is 2.48. The molecule has 8 heteroatoms. The maximum atomic E-state index is 12.0. The molecule has 0 fully saturated rings. The maximum absolute atomic E-state index is 12.0. The number of carbonyl (C=O) groups excluding carboxylic acids is 1. The molecule has 0 aromatic carbocycles. The first-order chi connectivity index (χ1) is 9.45. The first-order valence-electron chi connectivity index (χ1n) is 5.64.